The molecule has 0 aromatic heterocycles. The minimum Gasteiger partial charge on any atom is -0.396 e. The van der Waals surface area contributed by atoms with E-state index in [1.165, 1.54) is 0 Å². The summed E-state index contributed by atoms with van der Waals surface area (Å²) in [5.74, 6) is 0. The van der Waals surface area contributed by atoms with E-state index in [1.54, 1.807) is 0 Å². The van der Waals surface area contributed by atoms with Gasteiger partial charge in [-0.2, -0.15) is 0 Å². The molecule has 0 aliphatic carbocycles. The van der Waals surface area contributed by atoms with Crippen LogP contribution in [0.15, 0.2) is 28.7 Å². The monoisotopic (exact) mass is 271 g/mol. The highest BCUT2D eigenvalue weighted by Crippen LogP contribution is 2.27. The second kappa shape index (κ2) is 4.51. The molecule has 0 saturated carbocycles. The van der Waals surface area contributed by atoms with Crippen LogP contribution < -0.4 is 5.32 Å². The van der Waals surface area contributed by atoms with Crippen molar-refractivity contribution >= 4 is 21.6 Å². The lowest BCUT2D eigenvalue weighted by Gasteiger charge is -2.40. The number of ether oxygens (including phenoxy) is 1. The van der Waals surface area contributed by atoms with Gasteiger partial charge in [-0.1, -0.05) is 15.9 Å². The van der Waals surface area contributed by atoms with Gasteiger partial charge in [0.05, 0.1) is 25.2 Å². The lowest BCUT2D eigenvalue weighted by atomic mass is 9.87. The van der Waals surface area contributed by atoms with Crippen molar-refractivity contribution in [2.75, 3.05) is 31.7 Å². The number of hydrogen-bond donors (Lipinski definition) is 2. The van der Waals surface area contributed by atoms with Crippen molar-refractivity contribution in [1.82, 2.24) is 0 Å². The summed E-state index contributed by atoms with van der Waals surface area (Å²) >= 11 is 3.39. The van der Waals surface area contributed by atoms with Gasteiger partial charge in [0.15, 0.2) is 0 Å². The highest BCUT2D eigenvalue weighted by atomic mass is 79.9. The number of benzene rings is 1. The number of rotatable bonds is 4. The Hall–Kier alpha value is -0.580. The zero-order chi connectivity index (χ0) is 10.7. The van der Waals surface area contributed by atoms with Gasteiger partial charge >= 0.3 is 0 Å². The maximum absolute atomic E-state index is 9.23. The van der Waals surface area contributed by atoms with Crippen LogP contribution in [0.1, 0.15) is 0 Å². The first kappa shape index (κ1) is 10.9. The van der Waals surface area contributed by atoms with Gasteiger partial charge in [0.2, 0.25) is 0 Å². The van der Waals surface area contributed by atoms with Crippen molar-refractivity contribution in [1.29, 1.82) is 0 Å². The van der Waals surface area contributed by atoms with Crippen molar-refractivity contribution < 1.29 is 9.84 Å². The number of nitrogens with one attached hydrogen (secondary N) is 1. The lowest BCUT2D eigenvalue weighted by molar-refractivity contribution is -0.128. The van der Waals surface area contributed by atoms with Gasteiger partial charge < -0.3 is 15.2 Å². The molecular formula is C11H14BrNO2. The topological polar surface area (TPSA) is 41.5 Å². The normalized spacial score (nSPS) is 18.3. The zero-order valence-electron chi connectivity index (χ0n) is 8.37. The summed E-state index contributed by atoms with van der Waals surface area (Å²) in [7, 11) is 0. The smallest absolute Gasteiger partial charge is 0.0584 e. The van der Waals surface area contributed by atoms with Gasteiger partial charge in [-0.25, -0.2) is 0 Å². The van der Waals surface area contributed by atoms with Crippen LogP contribution in [-0.4, -0.2) is 31.5 Å². The highest BCUT2D eigenvalue weighted by molar-refractivity contribution is 9.10. The molecule has 1 aromatic rings. The Morgan fingerprint density at radius 2 is 2.00 bits per heavy atom. The van der Waals surface area contributed by atoms with Crippen molar-refractivity contribution in [2.45, 2.75) is 0 Å². The SMILES string of the molecule is OCC1(CNc2ccc(Br)cc2)COC1. The van der Waals surface area contributed by atoms with Crippen molar-refractivity contribution in [3.63, 3.8) is 0 Å². The average molecular weight is 272 g/mol. The molecule has 15 heavy (non-hydrogen) atoms. The average Bonchev–Trinajstić information content (AvgIpc) is 2.20. The first-order valence-electron chi connectivity index (χ1n) is 4.92. The molecule has 0 radical (unpaired) electrons. The van der Waals surface area contributed by atoms with Gasteiger partial charge in [0.25, 0.3) is 0 Å². The molecule has 1 heterocycles. The fourth-order valence-corrected chi connectivity index (χ4v) is 1.76. The van der Waals surface area contributed by atoms with Gasteiger partial charge in [-0.05, 0) is 24.3 Å². The summed E-state index contributed by atoms with van der Waals surface area (Å²) in [4.78, 5) is 0. The van der Waals surface area contributed by atoms with Gasteiger partial charge in [-0.15, -0.1) is 0 Å². The van der Waals surface area contributed by atoms with Gasteiger partial charge in [-0.3, -0.25) is 0 Å². The van der Waals surface area contributed by atoms with E-state index in [4.69, 9.17) is 4.74 Å². The van der Waals surface area contributed by atoms with E-state index >= 15 is 0 Å². The molecule has 1 aromatic carbocycles. The van der Waals surface area contributed by atoms with Gasteiger partial charge in [0, 0.05) is 16.7 Å². The molecule has 0 spiro atoms. The van der Waals surface area contributed by atoms with Crippen LogP contribution in [-0.2, 0) is 4.74 Å². The van der Waals surface area contributed by atoms with E-state index < -0.39 is 0 Å². The molecule has 1 aliphatic rings. The van der Waals surface area contributed by atoms with Crippen LogP contribution in [0.4, 0.5) is 5.69 Å². The molecule has 4 heteroatoms. The Kier molecular flexibility index (Phi) is 3.29. The van der Waals surface area contributed by atoms with E-state index in [2.05, 4.69) is 21.2 Å². The lowest BCUT2D eigenvalue weighted by Crippen LogP contribution is -2.50. The molecule has 0 amide bonds. The maximum Gasteiger partial charge on any atom is 0.0584 e. The van der Waals surface area contributed by atoms with Crippen molar-refractivity contribution in [3.8, 4) is 0 Å². The third-order valence-electron chi connectivity index (χ3n) is 2.66. The Labute approximate surface area is 97.6 Å². The minimum absolute atomic E-state index is 0.0763. The summed E-state index contributed by atoms with van der Waals surface area (Å²) in [5, 5.41) is 12.5. The third kappa shape index (κ3) is 2.51. The van der Waals surface area contributed by atoms with E-state index in [-0.39, 0.29) is 12.0 Å². The number of aliphatic hydroxyl groups excluding tert-OH is 1. The predicted octanol–water partition coefficient (Wildman–Crippen LogP) is 1.87. The summed E-state index contributed by atoms with van der Waals surface area (Å²) in [6.45, 7) is 2.22. The van der Waals surface area contributed by atoms with Gasteiger partial charge in [0.1, 0.15) is 0 Å². The van der Waals surface area contributed by atoms with Crippen LogP contribution in [0.5, 0.6) is 0 Å². The Balaban J connectivity index is 1.90. The largest absolute Gasteiger partial charge is 0.396 e. The molecule has 2 rings (SSSR count). The Bertz CT molecular complexity index is 316. The van der Waals surface area contributed by atoms with Crippen molar-refractivity contribution in [3.05, 3.63) is 28.7 Å². The summed E-state index contributed by atoms with van der Waals surface area (Å²) in [5.41, 5.74) is 0.991. The molecule has 1 saturated heterocycles. The standard InChI is InChI=1S/C11H14BrNO2/c12-9-1-3-10(4-2-9)13-5-11(6-14)7-15-8-11/h1-4,13-14H,5-8H2. The van der Waals surface area contributed by atoms with Crippen LogP contribution in [0.3, 0.4) is 0 Å². The van der Waals surface area contributed by atoms with Crippen LogP contribution in [0.25, 0.3) is 0 Å². The summed E-state index contributed by atoms with van der Waals surface area (Å²) in [6.07, 6.45) is 0. The van der Waals surface area contributed by atoms with E-state index in [0.717, 1.165) is 16.7 Å². The summed E-state index contributed by atoms with van der Waals surface area (Å²) in [6, 6.07) is 8.00. The third-order valence-corrected chi connectivity index (χ3v) is 3.19. The second-order valence-electron chi connectivity index (χ2n) is 4.01. The molecule has 0 unspecified atom stereocenters. The Morgan fingerprint density at radius 1 is 1.33 bits per heavy atom. The number of anilines is 1. The fourth-order valence-electron chi connectivity index (χ4n) is 1.50. The first-order valence-corrected chi connectivity index (χ1v) is 5.71. The number of halogens is 1. The van der Waals surface area contributed by atoms with Crippen LogP contribution in [0.2, 0.25) is 0 Å². The second-order valence-corrected chi connectivity index (χ2v) is 4.93. The molecule has 1 fully saturated rings. The summed E-state index contributed by atoms with van der Waals surface area (Å²) < 4.78 is 6.20. The van der Waals surface area contributed by atoms with E-state index in [9.17, 15) is 5.11 Å². The molecular weight excluding hydrogens is 258 g/mol. The zero-order valence-corrected chi connectivity index (χ0v) is 9.96. The van der Waals surface area contributed by atoms with E-state index in [0.29, 0.717) is 13.2 Å². The predicted molar refractivity (Wildman–Crippen MR) is 63.0 cm³/mol. The number of hydrogen-bond acceptors (Lipinski definition) is 3. The molecule has 3 nitrogen and oxygen atoms in total. The molecule has 82 valence electrons. The Morgan fingerprint density at radius 3 is 2.47 bits per heavy atom. The maximum atomic E-state index is 9.23. The number of aliphatic hydroxyl groups is 1. The quantitative estimate of drug-likeness (QED) is 0.879. The van der Waals surface area contributed by atoms with Crippen molar-refractivity contribution in [2.24, 2.45) is 5.41 Å². The minimum atomic E-state index is -0.0763. The fraction of sp³-hybridized carbons (Fsp3) is 0.455. The van der Waals surface area contributed by atoms with Crippen LogP contribution in [0, 0.1) is 5.41 Å². The van der Waals surface area contributed by atoms with E-state index in [1.807, 2.05) is 24.3 Å². The molecule has 0 bridgehead atoms. The molecule has 1 aliphatic heterocycles. The van der Waals surface area contributed by atoms with Crippen LogP contribution >= 0.6 is 15.9 Å². The molecule has 2 N–H and O–H groups in total. The molecule has 0 atom stereocenters. The first-order chi connectivity index (χ1) is 7.24. The highest BCUT2D eigenvalue weighted by Gasteiger charge is 2.37.